The van der Waals surface area contributed by atoms with Gasteiger partial charge < -0.3 is 10.2 Å². The average molecular weight is 297 g/mol. The smallest absolute Gasteiger partial charge is 0.240 e. The molecule has 1 saturated heterocycles. The molecule has 0 aliphatic carbocycles. The Balaban J connectivity index is 2.61. The number of piperidine rings is 1. The predicted octanol–water partition coefficient (Wildman–Crippen LogP) is 1.62. The highest BCUT2D eigenvalue weighted by molar-refractivity contribution is 5.84. The third-order valence-electron chi connectivity index (χ3n) is 4.31. The summed E-state index contributed by atoms with van der Waals surface area (Å²) in [5, 5.41) is 2.86. The van der Waals surface area contributed by atoms with Gasteiger partial charge in [0.05, 0.1) is 12.6 Å². The number of nitrogens with zero attached hydrogens (tertiary/aromatic N) is 2. The number of amides is 2. The van der Waals surface area contributed by atoms with Crippen LogP contribution in [0.2, 0.25) is 0 Å². The Morgan fingerprint density at radius 2 is 1.71 bits per heavy atom. The molecule has 0 aromatic heterocycles. The molecule has 5 heteroatoms. The van der Waals surface area contributed by atoms with Crippen LogP contribution < -0.4 is 5.32 Å². The number of hydrogen-bond acceptors (Lipinski definition) is 3. The fraction of sp³-hybridized carbons (Fsp3) is 0.875. The van der Waals surface area contributed by atoms with Crippen LogP contribution in [0.15, 0.2) is 0 Å². The zero-order valence-electron chi connectivity index (χ0n) is 14.3. The van der Waals surface area contributed by atoms with Gasteiger partial charge in [0.2, 0.25) is 11.8 Å². The number of hydrogen-bond donors (Lipinski definition) is 1. The average Bonchev–Trinajstić information content (AvgIpc) is 2.36. The Kier molecular flexibility index (Phi) is 6.65. The van der Waals surface area contributed by atoms with E-state index in [2.05, 4.69) is 19.2 Å². The molecule has 0 saturated carbocycles. The first-order valence-electron chi connectivity index (χ1n) is 8.05. The van der Waals surface area contributed by atoms with Gasteiger partial charge in [0.1, 0.15) is 0 Å². The summed E-state index contributed by atoms with van der Waals surface area (Å²) in [6, 6.07) is 0.438. The van der Waals surface area contributed by atoms with Gasteiger partial charge in [-0.2, -0.15) is 0 Å². The van der Waals surface area contributed by atoms with Crippen molar-refractivity contribution >= 4 is 11.8 Å². The molecule has 1 aliphatic rings. The molecule has 0 aromatic rings. The molecular formula is C16H31N3O2. The zero-order chi connectivity index (χ0) is 16.2. The van der Waals surface area contributed by atoms with Crippen LogP contribution in [0.5, 0.6) is 0 Å². The van der Waals surface area contributed by atoms with E-state index in [9.17, 15) is 9.59 Å². The van der Waals surface area contributed by atoms with Crippen LogP contribution >= 0.6 is 0 Å². The number of likely N-dealkylation sites (N-methyl/N-ethyl adjacent to an activating group) is 1. The summed E-state index contributed by atoms with van der Waals surface area (Å²) in [4.78, 5) is 28.4. The van der Waals surface area contributed by atoms with Crippen molar-refractivity contribution in [3.8, 4) is 0 Å². The van der Waals surface area contributed by atoms with E-state index in [0.29, 0.717) is 12.1 Å². The van der Waals surface area contributed by atoms with Crippen molar-refractivity contribution in [3.63, 3.8) is 0 Å². The maximum atomic E-state index is 12.7. The molecule has 2 amide bonds. The lowest BCUT2D eigenvalue weighted by atomic mass is 9.96. The van der Waals surface area contributed by atoms with E-state index in [1.54, 1.807) is 0 Å². The van der Waals surface area contributed by atoms with Crippen LogP contribution in [0.1, 0.15) is 53.9 Å². The summed E-state index contributed by atoms with van der Waals surface area (Å²) in [7, 11) is 1.84. The highest BCUT2D eigenvalue weighted by Gasteiger charge is 2.33. The molecule has 0 unspecified atom stereocenters. The van der Waals surface area contributed by atoms with Gasteiger partial charge in [-0.05, 0) is 60.9 Å². The van der Waals surface area contributed by atoms with E-state index < -0.39 is 0 Å². The third-order valence-corrected chi connectivity index (χ3v) is 4.31. The minimum atomic E-state index is -0.272. The van der Waals surface area contributed by atoms with Crippen LogP contribution in [-0.4, -0.2) is 59.4 Å². The van der Waals surface area contributed by atoms with Gasteiger partial charge in [-0.1, -0.05) is 0 Å². The number of nitrogens with one attached hydrogen (secondary N) is 1. The van der Waals surface area contributed by atoms with Crippen LogP contribution in [0, 0.1) is 0 Å². The quantitative estimate of drug-likeness (QED) is 0.839. The van der Waals surface area contributed by atoms with Gasteiger partial charge in [0, 0.05) is 18.1 Å². The minimum Gasteiger partial charge on any atom is -0.353 e. The van der Waals surface area contributed by atoms with E-state index in [4.69, 9.17) is 0 Å². The lowest BCUT2D eigenvalue weighted by molar-refractivity contribution is -0.142. The van der Waals surface area contributed by atoms with Crippen LogP contribution in [-0.2, 0) is 9.59 Å². The molecule has 0 radical (unpaired) electrons. The maximum Gasteiger partial charge on any atom is 0.240 e. The summed E-state index contributed by atoms with van der Waals surface area (Å²) < 4.78 is 0. The Morgan fingerprint density at radius 3 is 2.19 bits per heavy atom. The third kappa shape index (κ3) is 4.99. The Hall–Kier alpha value is -1.10. The first-order chi connectivity index (χ1) is 9.73. The fourth-order valence-corrected chi connectivity index (χ4v) is 2.99. The molecular weight excluding hydrogens is 266 g/mol. The molecule has 122 valence electrons. The zero-order valence-corrected chi connectivity index (χ0v) is 14.3. The highest BCUT2D eigenvalue weighted by atomic mass is 16.2. The largest absolute Gasteiger partial charge is 0.353 e. The fourth-order valence-electron chi connectivity index (χ4n) is 2.99. The Morgan fingerprint density at radius 1 is 1.19 bits per heavy atom. The highest BCUT2D eigenvalue weighted by Crippen LogP contribution is 2.23. The number of likely N-dealkylation sites (tertiary alicyclic amines) is 1. The lowest BCUT2D eigenvalue weighted by Gasteiger charge is -2.41. The summed E-state index contributed by atoms with van der Waals surface area (Å²) in [6.07, 6.45) is 3.33. The molecule has 3 atom stereocenters. The van der Waals surface area contributed by atoms with Crippen molar-refractivity contribution in [2.24, 2.45) is 0 Å². The second-order valence-electron chi connectivity index (χ2n) is 6.69. The monoisotopic (exact) mass is 297 g/mol. The molecule has 1 heterocycles. The van der Waals surface area contributed by atoms with Crippen molar-refractivity contribution in [2.45, 2.75) is 78.0 Å². The van der Waals surface area contributed by atoms with Gasteiger partial charge in [-0.25, -0.2) is 0 Å². The second kappa shape index (κ2) is 7.78. The normalized spacial score (nSPS) is 24.3. The van der Waals surface area contributed by atoms with Gasteiger partial charge in [-0.15, -0.1) is 0 Å². The van der Waals surface area contributed by atoms with E-state index >= 15 is 0 Å². The molecule has 1 aliphatic heterocycles. The van der Waals surface area contributed by atoms with E-state index in [-0.39, 0.29) is 30.4 Å². The molecule has 0 aromatic carbocycles. The van der Waals surface area contributed by atoms with Gasteiger partial charge in [-0.3, -0.25) is 14.5 Å². The van der Waals surface area contributed by atoms with Crippen LogP contribution in [0.3, 0.4) is 0 Å². The van der Waals surface area contributed by atoms with Gasteiger partial charge >= 0.3 is 0 Å². The molecule has 0 spiro atoms. The standard InChI is InChI=1S/C16H31N3O2/c1-11(2)17-15(20)10-18(6)14(5)16(21)19-12(3)8-7-9-13(19)4/h11-14H,7-10H2,1-6H3,(H,17,20)/t12-,13+,14-/m1/s1. The second-order valence-corrected chi connectivity index (χ2v) is 6.69. The molecule has 1 fully saturated rings. The molecule has 5 nitrogen and oxygen atoms in total. The predicted molar refractivity (Wildman–Crippen MR) is 85.0 cm³/mol. The van der Waals surface area contributed by atoms with E-state index in [0.717, 1.165) is 12.8 Å². The van der Waals surface area contributed by atoms with E-state index in [1.807, 2.05) is 37.6 Å². The first-order valence-corrected chi connectivity index (χ1v) is 8.05. The van der Waals surface area contributed by atoms with Crippen molar-refractivity contribution in [1.82, 2.24) is 15.1 Å². The number of carbonyl (C=O) groups excluding carboxylic acids is 2. The molecule has 1 rings (SSSR count). The van der Waals surface area contributed by atoms with Crippen molar-refractivity contribution in [1.29, 1.82) is 0 Å². The van der Waals surface area contributed by atoms with Crippen molar-refractivity contribution < 1.29 is 9.59 Å². The van der Waals surface area contributed by atoms with Crippen molar-refractivity contribution in [3.05, 3.63) is 0 Å². The van der Waals surface area contributed by atoms with Crippen molar-refractivity contribution in [2.75, 3.05) is 13.6 Å². The molecule has 1 N–H and O–H groups in total. The minimum absolute atomic E-state index is 0.0353. The summed E-state index contributed by atoms with van der Waals surface area (Å²) >= 11 is 0. The van der Waals surface area contributed by atoms with E-state index in [1.165, 1.54) is 6.42 Å². The van der Waals surface area contributed by atoms with Gasteiger partial charge in [0.15, 0.2) is 0 Å². The SMILES string of the molecule is CC(C)NC(=O)CN(C)[C@H](C)C(=O)N1[C@H](C)CCC[C@@H]1C. The lowest BCUT2D eigenvalue weighted by Crippen LogP contribution is -2.55. The topological polar surface area (TPSA) is 52.7 Å². The molecule has 0 bridgehead atoms. The summed E-state index contributed by atoms with van der Waals surface area (Å²) in [5.74, 6) is 0.0986. The summed E-state index contributed by atoms with van der Waals surface area (Å²) in [6.45, 7) is 10.2. The van der Waals surface area contributed by atoms with Gasteiger partial charge in [0.25, 0.3) is 0 Å². The first kappa shape index (κ1) is 18.0. The number of carbonyl (C=O) groups is 2. The molecule has 21 heavy (non-hydrogen) atoms. The maximum absolute atomic E-state index is 12.7. The Bertz CT molecular complexity index is 361. The van der Waals surface area contributed by atoms with Crippen LogP contribution in [0.4, 0.5) is 0 Å². The summed E-state index contributed by atoms with van der Waals surface area (Å²) in [5.41, 5.74) is 0. The van der Waals surface area contributed by atoms with Crippen LogP contribution in [0.25, 0.3) is 0 Å². The Labute approximate surface area is 129 Å². The number of rotatable bonds is 5.